The zero-order valence-corrected chi connectivity index (χ0v) is 14.0. The zero-order chi connectivity index (χ0) is 18.1. The second-order valence-electron chi connectivity index (χ2n) is 5.49. The molecule has 0 atom stereocenters. The molecule has 1 aromatic heterocycles. The van der Waals surface area contributed by atoms with Gasteiger partial charge in [0, 0.05) is 11.1 Å². The molecular formula is C20H11ClO5. The number of esters is 1. The van der Waals surface area contributed by atoms with Crippen LogP contribution >= 0.6 is 11.6 Å². The van der Waals surface area contributed by atoms with E-state index in [0.717, 1.165) is 0 Å². The number of ketones is 1. The second-order valence-corrected chi connectivity index (χ2v) is 5.89. The first kappa shape index (κ1) is 16.2. The summed E-state index contributed by atoms with van der Waals surface area (Å²) in [6, 6.07) is 14.8. The maximum atomic E-state index is 12.5. The molecule has 0 unspecified atom stereocenters. The Morgan fingerprint density at radius 2 is 1.92 bits per heavy atom. The van der Waals surface area contributed by atoms with E-state index < -0.39 is 5.97 Å². The van der Waals surface area contributed by atoms with Gasteiger partial charge in [-0.3, -0.25) is 4.79 Å². The summed E-state index contributed by atoms with van der Waals surface area (Å²) in [5, 5.41) is 0.514. The van der Waals surface area contributed by atoms with Gasteiger partial charge in [-0.1, -0.05) is 29.8 Å². The smallest absolute Gasteiger partial charge is 0.379 e. The molecule has 0 saturated heterocycles. The van der Waals surface area contributed by atoms with Crippen molar-refractivity contribution in [2.75, 3.05) is 0 Å². The highest BCUT2D eigenvalue weighted by atomic mass is 35.5. The molecule has 0 N–H and O–H groups in total. The van der Waals surface area contributed by atoms with Crippen LogP contribution in [0.3, 0.4) is 0 Å². The van der Waals surface area contributed by atoms with Crippen molar-refractivity contribution >= 4 is 29.4 Å². The molecule has 26 heavy (non-hydrogen) atoms. The molecule has 6 heteroatoms. The number of Topliss-reactive ketones (excluding diaryl/α,β-unsaturated/α-hetero) is 1. The molecule has 128 valence electrons. The standard InChI is InChI=1S/C20H11ClO5/c21-15-5-2-1-4-12(15)10-18-19(22)14-8-7-13(11-17(14)26-18)25-20(23)16-6-3-9-24-16/h1-11H. The van der Waals surface area contributed by atoms with Gasteiger partial charge in [0.15, 0.2) is 5.76 Å². The van der Waals surface area contributed by atoms with Gasteiger partial charge in [0.2, 0.25) is 11.5 Å². The monoisotopic (exact) mass is 366 g/mol. The van der Waals surface area contributed by atoms with E-state index >= 15 is 0 Å². The molecular weight excluding hydrogens is 356 g/mol. The normalized spacial score (nSPS) is 14.2. The van der Waals surface area contributed by atoms with Gasteiger partial charge in [-0.25, -0.2) is 4.79 Å². The van der Waals surface area contributed by atoms with Gasteiger partial charge < -0.3 is 13.9 Å². The number of benzene rings is 2. The molecule has 0 amide bonds. The first-order chi connectivity index (χ1) is 12.6. The van der Waals surface area contributed by atoms with E-state index in [1.165, 1.54) is 24.5 Å². The van der Waals surface area contributed by atoms with Crippen LogP contribution < -0.4 is 9.47 Å². The van der Waals surface area contributed by atoms with Crippen molar-refractivity contribution < 1.29 is 23.5 Å². The van der Waals surface area contributed by atoms with Gasteiger partial charge in [-0.15, -0.1) is 0 Å². The fourth-order valence-electron chi connectivity index (χ4n) is 2.52. The number of hydrogen-bond donors (Lipinski definition) is 0. The summed E-state index contributed by atoms with van der Waals surface area (Å²) < 4.78 is 15.8. The lowest BCUT2D eigenvalue weighted by atomic mass is 10.1. The highest BCUT2D eigenvalue weighted by Crippen LogP contribution is 2.35. The Bertz CT molecular complexity index is 1030. The molecule has 0 bridgehead atoms. The topological polar surface area (TPSA) is 65.7 Å². The zero-order valence-electron chi connectivity index (χ0n) is 13.3. The Hall–Kier alpha value is -3.31. The van der Waals surface area contributed by atoms with E-state index in [4.69, 9.17) is 25.5 Å². The molecule has 0 aliphatic carbocycles. The van der Waals surface area contributed by atoms with Gasteiger partial charge >= 0.3 is 5.97 Å². The molecule has 0 saturated carbocycles. The fraction of sp³-hybridized carbons (Fsp3) is 0. The minimum Gasteiger partial charge on any atom is -0.457 e. The Morgan fingerprint density at radius 1 is 1.08 bits per heavy atom. The van der Waals surface area contributed by atoms with Crippen LogP contribution in [0.25, 0.3) is 6.08 Å². The van der Waals surface area contributed by atoms with E-state index in [1.807, 2.05) is 6.07 Å². The third kappa shape index (κ3) is 3.00. The quantitative estimate of drug-likeness (QED) is 0.379. The largest absolute Gasteiger partial charge is 0.457 e. The lowest BCUT2D eigenvalue weighted by Crippen LogP contribution is -2.07. The lowest BCUT2D eigenvalue weighted by molar-refractivity contribution is 0.0701. The van der Waals surface area contributed by atoms with Crippen molar-refractivity contribution in [3.8, 4) is 11.5 Å². The summed E-state index contributed by atoms with van der Waals surface area (Å²) in [6.45, 7) is 0. The molecule has 2 aromatic carbocycles. The number of rotatable bonds is 3. The Kier molecular flexibility index (Phi) is 4.07. The van der Waals surface area contributed by atoms with Gasteiger partial charge in [0.05, 0.1) is 11.8 Å². The molecule has 5 nitrogen and oxygen atoms in total. The molecule has 3 aromatic rings. The van der Waals surface area contributed by atoms with Crippen LogP contribution in [0.5, 0.6) is 11.5 Å². The molecule has 0 spiro atoms. The summed E-state index contributed by atoms with van der Waals surface area (Å²) in [6.07, 6.45) is 2.96. The predicted octanol–water partition coefficient (Wildman–Crippen LogP) is 4.77. The maximum Gasteiger partial charge on any atom is 0.379 e. The number of hydrogen-bond acceptors (Lipinski definition) is 5. The fourth-order valence-corrected chi connectivity index (χ4v) is 2.71. The third-order valence-electron chi connectivity index (χ3n) is 3.77. The minimum absolute atomic E-state index is 0.0850. The van der Waals surface area contributed by atoms with Crippen LogP contribution in [0.1, 0.15) is 26.5 Å². The van der Waals surface area contributed by atoms with Crippen molar-refractivity contribution in [3.05, 3.63) is 88.5 Å². The van der Waals surface area contributed by atoms with E-state index in [0.29, 0.717) is 21.9 Å². The number of furan rings is 1. The van der Waals surface area contributed by atoms with Crippen LogP contribution in [0, 0.1) is 0 Å². The number of halogens is 1. The molecule has 1 aliphatic heterocycles. The second kappa shape index (κ2) is 6.54. The lowest BCUT2D eigenvalue weighted by Gasteiger charge is -2.04. The summed E-state index contributed by atoms with van der Waals surface area (Å²) >= 11 is 6.12. The van der Waals surface area contributed by atoms with Crippen LogP contribution in [-0.4, -0.2) is 11.8 Å². The van der Waals surface area contributed by atoms with Crippen LogP contribution in [-0.2, 0) is 0 Å². The van der Waals surface area contributed by atoms with E-state index in [1.54, 1.807) is 36.4 Å². The Morgan fingerprint density at radius 3 is 2.69 bits per heavy atom. The number of fused-ring (bicyclic) bond motifs is 1. The van der Waals surface area contributed by atoms with Crippen molar-refractivity contribution in [3.63, 3.8) is 0 Å². The number of ether oxygens (including phenoxy) is 2. The molecule has 1 aliphatic rings. The van der Waals surface area contributed by atoms with Crippen molar-refractivity contribution in [1.29, 1.82) is 0 Å². The molecule has 0 radical (unpaired) electrons. The van der Waals surface area contributed by atoms with Crippen molar-refractivity contribution in [1.82, 2.24) is 0 Å². The minimum atomic E-state index is -0.633. The number of allylic oxidation sites excluding steroid dienone is 1. The SMILES string of the molecule is O=C(Oc1ccc2c(c1)OC(=Cc1ccccc1Cl)C2=O)c1ccco1. The predicted molar refractivity (Wildman–Crippen MR) is 94.5 cm³/mol. The Labute approximate surface area is 153 Å². The van der Waals surface area contributed by atoms with Gasteiger partial charge in [0.1, 0.15) is 11.5 Å². The summed E-state index contributed by atoms with van der Waals surface area (Å²) in [5.74, 6) is -0.0886. The van der Waals surface area contributed by atoms with Crippen LogP contribution in [0.4, 0.5) is 0 Å². The summed E-state index contributed by atoms with van der Waals surface area (Å²) in [7, 11) is 0. The van der Waals surface area contributed by atoms with Gasteiger partial charge in [0.25, 0.3) is 0 Å². The average molecular weight is 367 g/mol. The van der Waals surface area contributed by atoms with E-state index in [-0.39, 0.29) is 23.1 Å². The van der Waals surface area contributed by atoms with Gasteiger partial charge in [-0.2, -0.15) is 0 Å². The van der Waals surface area contributed by atoms with Crippen LogP contribution in [0.2, 0.25) is 5.02 Å². The molecule has 0 fully saturated rings. The van der Waals surface area contributed by atoms with Crippen molar-refractivity contribution in [2.24, 2.45) is 0 Å². The first-order valence-electron chi connectivity index (χ1n) is 7.70. The van der Waals surface area contributed by atoms with Gasteiger partial charge in [-0.05, 0) is 42.0 Å². The van der Waals surface area contributed by atoms with E-state index in [9.17, 15) is 9.59 Å². The Balaban J connectivity index is 1.59. The highest BCUT2D eigenvalue weighted by Gasteiger charge is 2.28. The molecule has 2 heterocycles. The highest BCUT2D eigenvalue weighted by molar-refractivity contribution is 6.32. The number of carbonyl (C=O) groups is 2. The first-order valence-corrected chi connectivity index (χ1v) is 8.08. The van der Waals surface area contributed by atoms with Crippen molar-refractivity contribution in [2.45, 2.75) is 0 Å². The maximum absolute atomic E-state index is 12.5. The summed E-state index contributed by atoms with van der Waals surface area (Å²) in [5.41, 5.74) is 1.07. The van der Waals surface area contributed by atoms with Crippen LogP contribution in [0.15, 0.2) is 71.0 Å². The third-order valence-corrected chi connectivity index (χ3v) is 4.11. The number of carbonyl (C=O) groups excluding carboxylic acids is 2. The average Bonchev–Trinajstić information content (AvgIpc) is 3.26. The van der Waals surface area contributed by atoms with E-state index in [2.05, 4.69) is 0 Å². The molecule has 4 rings (SSSR count). The summed E-state index contributed by atoms with van der Waals surface area (Å²) in [4.78, 5) is 24.4.